The average Bonchev–Trinajstić information content (AvgIpc) is 2.36. The number of aliphatic hydroxyl groups is 1. The largest absolute Gasteiger partial charge is 0.484 e. The maximum Gasteiger partial charge on any atom is 0.258 e. The molecule has 0 spiro atoms. The van der Waals surface area contributed by atoms with Gasteiger partial charge in [-0.25, -0.2) is 0 Å². The molecule has 0 saturated carbocycles. The maximum absolute atomic E-state index is 11.1. The topological polar surface area (TPSA) is 82.4 Å². The number of benzene rings is 1. The van der Waals surface area contributed by atoms with Gasteiger partial charge in [-0.1, -0.05) is 12.1 Å². The summed E-state index contributed by atoms with van der Waals surface area (Å²) in [7, 11) is 0. The van der Waals surface area contributed by atoms with Crippen LogP contribution in [0.4, 0.5) is 0 Å². The first-order valence-electron chi connectivity index (χ1n) is 5.22. The van der Waals surface area contributed by atoms with Gasteiger partial charge in [0.05, 0.1) is 6.07 Å². The van der Waals surface area contributed by atoms with Crippen LogP contribution >= 0.6 is 0 Å². The molecule has 1 aromatic rings. The van der Waals surface area contributed by atoms with Crippen LogP contribution in [0.15, 0.2) is 24.3 Å². The van der Waals surface area contributed by atoms with Gasteiger partial charge in [-0.3, -0.25) is 4.79 Å². The summed E-state index contributed by atoms with van der Waals surface area (Å²) in [5, 5.41) is 19.4. The predicted octanol–water partition coefficient (Wildman–Crippen LogP) is 0.240. The van der Waals surface area contributed by atoms with Crippen LogP contribution in [-0.4, -0.2) is 30.8 Å². The Kier molecular flexibility index (Phi) is 5.55. The van der Waals surface area contributed by atoms with E-state index in [0.717, 1.165) is 5.56 Å². The monoisotopic (exact) mass is 234 g/mol. The Bertz CT molecular complexity index is 395. The molecule has 0 aliphatic heterocycles. The average molecular weight is 234 g/mol. The van der Waals surface area contributed by atoms with Crippen molar-refractivity contribution < 1.29 is 14.6 Å². The van der Waals surface area contributed by atoms with E-state index in [-0.39, 0.29) is 25.7 Å². The molecule has 5 nitrogen and oxygen atoms in total. The van der Waals surface area contributed by atoms with E-state index >= 15 is 0 Å². The molecule has 0 bridgehead atoms. The van der Waals surface area contributed by atoms with Gasteiger partial charge >= 0.3 is 0 Å². The zero-order valence-corrected chi connectivity index (χ0v) is 9.35. The van der Waals surface area contributed by atoms with Crippen LogP contribution in [0.1, 0.15) is 5.56 Å². The molecule has 2 N–H and O–H groups in total. The molecule has 1 aromatic carbocycles. The Morgan fingerprint density at radius 3 is 2.71 bits per heavy atom. The minimum absolute atomic E-state index is 0.0162. The molecule has 0 heterocycles. The molecule has 0 aromatic heterocycles. The SMILES string of the molecule is N#CCNC(=O)COc1ccc(CCO)cc1. The lowest BCUT2D eigenvalue weighted by molar-refractivity contribution is -0.122. The molecule has 0 aliphatic rings. The van der Waals surface area contributed by atoms with Gasteiger partial charge in [0.1, 0.15) is 12.3 Å². The van der Waals surface area contributed by atoms with Crippen LogP contribution in [0.25, 0.3) is 0 Å². The second kappa shape index (κ2) is 7.25. The van der Waals surface area contributed by atoms with E-state index in [1.165, 1.54) is 0 Å². The Labute approximate surface area is 99.6 Å². The molecule has 1 amide bonds. The van der Waals surface area contributed by atoms with Gasteiger partial charge in [-0.05, 0) is 24.1 Å². The maximum atomic E-state index is 11.1. The second-order valence-electron chi connectivity index (χ2n) is 3.34. The molecule has 0 fully saturated rings. The molecule has 0 aliphatic carbocycles. The van der Waals surface area contributed by atoms with Gasteiger partial charge in [0, 0.05) is 6.61 Å². The normalized spacial score (nSPS) is 9.41. The lowest BCUT2D eigenvalue weighted by Crippen LogP contribution is -2.28. The van der Waals surface area contributed by atoms with Gasteiger partial charge in [-0.2, -0.15) is 5.26 Å². The third-order valence-electron chi connectivity index (χ3n) is 2.06. The van der Waals surface area contributed by atoms with E-state index in [2.05, 4.69) is 5.32 Å². The van der Waals surface area contributed by atoms with Crippen molar-refractivity contribution in [2.24, 2.45) is 0 Å². The summed E-state index contributed by atoms with van der Waals surface area (Å²) in [5.74, 6) is 0.254. The summed E-state index contributed by atoms with van der Waals surface area (Å²) in [6.45, 7) is -0.0184. The summed E-state index contributed by atoms with van der Waals surface area (Å²) in [5.41, 5.74) is 1.01. The highest BCUT2D eigenvalue weighted by Crippen LogP contribution is 2.12. The molecule has 1 rings (SSSR count). The molecular formula is C12H14N2O3. The number of hydrogen-bond acceptors (Lipinski definition) is 4. The Hall–Kier alpha value is -2.06. The molecule has 0 atom stereocenters. The number of carbonyl (C=O) groups is 1. The second-order valence-corrected chi connectivity index (χ2v) is 3.34. The van der Waals surface area contributed by atoms with E-state index in [1.807, 2.05) is 18.2 Å². The Balaban J connectivity index is 2.37. The summed E-state index contributed by atoms with van der Waals surface area (Å²) < 4.78 is 5.21. The summed E-state index contributed by atoms with van der Waals surface area (Å²) in [6, 6.07) is 8.95. The highest BCUT2D eigenvalue weighted by Gasteiger charge is 2.01. The van der Waals surface area contributed by atoms with Gasteiger partial charge in [-0.15, -0.1) is 0 Å². The molecule has 17 heavy (non-hydrogen) atoms. The standard InChI is InChI=1S/C12H14N2O3/c13-6-7-14-12(16)9-17-11-3-1-10(2-4-11)5-8-15/h1-4,15H,5,7-9H2,(H,14,16). The van der Waals surface area contributed by atoms with Crippen molar-refractivity contribution in [2.75, 3.05) is 19.8 Å². The van der Waals surface area contributed by atoms with Gasteiger partial charge < -0.3 is 15.2 Å². The smallest absolute Gasteiger partial charge is 0.258 e. The zero-order valence-electron chi connectivity index (χ0n) is 9.35. The van der Waals surface area contributed by atoms with Crippen LogP contribution in [0.3, 0.4) is 0 Å². The first-order valence-corrected chi connectivity index (χ1v) is 5.22. The molecule has 0 radical (unpaired) electrons. The summed E-state index contributed by atoms with van der Waals surface area (Å²) in [6.07, 6.45) is 0.600. The molecule has 0 unspecified atom stereocenters. The molecule has 0 saturated heterocycles. The first-order chi connectivity index (χ1) is 8.26. The van der Waals surface area contributed by atoms with Gasteiger partial charge in [0.15, 0.2) is 6.61 Å². The third-order valence-corrected chi connectivity index (χ3v) is 2.06. The minimum atomic E-state index is -0.328. The Morgan fingerprint density at radius 2 is 2.12 bits per heavy atom. The first kappa shape index (κ1) is 13.0. The highest BCUT2D eigenvalue weighted by molar-refractivity contribution is 5.77. The van der Waals surface area contributed by atoms with Crippen molar-refractivity contribution in [3.8, 4) is 11.8 Å². The van der Waals surface area contributed by atoms with Crippen LogP contribution < -0.4 is 10.1 Å². The lowest BCUT2D eigenvalue weighted by atomic mass is 10.1. The fourth-order valence-electron chi connectivity index (χ4n) is 1.22. The van der Waals surface area contributed by atoms with Gasteiger partial charge in [0.2, 0.25) is 0 Å². The fraction of sp³-hybridized carbons (Fsp3) is 0.333. The third kappa shape index (κ3) is 5.00. The lowest BCUT2D eigenvalue weighted by Gasteiger charge is -2.06. The van der Waals surface area contributed by atoms with Gasteiger partial charge in [0.25, 0.3) is 5.91 Å². The van der Waals surface area contributed by atoms with E-state index in [0.29, 0.717) is 12.2 Å². The quantitative estimate of drug-likeness (QED) is 0.691. The number of carbonyl (C=O) groups excluding carboxylic acids is 1. The number of nitriles is 1. The molecule has 90 valence electrons. The van der Waals surface area contributed by atoms with E-state index in [4.69, 9.17) is 15.1 Å². The Morgan fingerprint density at radius 1 is 1.41 bits per heavy atom. The van der Waals surface area contributed by atoms with Crippen molar-refractivity contribution in [2.45, 2.75) is 6.42 Å². The van der Waals surface area contributed by atoms with E-state index in [9.17, 15) is 4.79 Å². The molecular weight excluding hydrogens is 220 g/mol. The number of ether oxygens (including phenoxy) is 1. The zero-order chi connectivity index (χ0) is 12.5. The minimum Gasteiger partial charge on any atom is -0.484 e. The van der Waals surface area contributed by atoms with Crippen LogP contribution in [0.2, 0.25) is 0 Å². The number of nitrogens with one attached hydrogen (secondary N) is 1. The number of hydrogen-bond donors (Lipinski definition) is 2. The highest BCUT2D eigenvalue weighted by atomic mass is 16.5. The number of nitrogens with zero attached hydrogens (tertiary/aromatic N) is 1. The van der Waals surface area contributed by atoms with Crippen LogP contribution in [-0.2, 0) is 11.2 Å². The number of amides is 1. The van der Waals surface area contributed by atoms with Crippen molar-refractivity contribution in [1.82, 2.24) is 5.32 Å². The van der Waals surface area contributed by atoms with Crippen LogP contribution in [0, 0.1) is 11.3 Å². The number of aliphatic hydroxyl groups excluding tert-OH is 1. The van der Waals surface area contributed by atoms with Crippen molar-refractivity contribution in [3.63, 3.8) is 0 Å². The van der Waals surface area contributed by atoms with Crippen LogP contribution in [0.5, 0.6) is 5.75 Å². The summed E-state index contributed by atoms with van der Waals surface area (Å²) in [4.78, 5) is 11.1. The molecule has 5 heteroatoms. The van der Waals surface area contributed by atoms with Crippen molar-refractivity contribution in [1.29, 1.82) is 5.26 Å². The van der Waals surface area contributed by atoms with Crippen molar-refractivity contribution in [3.05, 3.63) is 29.8 Å². The van der Waals surface area contributed by atoms with Crippen molar-refractivity contribution >= 4 is 5.91 Å². The fourth-order valence-corrected chi connectivity index (χ4v) is 1.22. The summed E-state index contributed by atoms with van der Waals surface area (Å²) >= 11 is 0. The van der Waals surface area contributed by atoms with E-state index in [1.54, 1.807) is 12.1 Å². The number of rotatable bonds is 6. The predicted molar refractivity (Wildman–Crippen MR) is 61.3 cm³/mol. The van der Waals surface area contributed by atoms with E-state index < -0.39 is 0 Å².